The van der Waals surface area contributed by atoms with Crippen molar-refractivity contribution in [1.82, 2.24) is 35.0 Å². The molecule has 3 aromatic carbocycles. The number of hydrogen-bond acceptors (Lipinski definition) is 17. The number of amides is 2. The third-order valence-electron chi connectivity index (χ3n) is 18.8. The Hall–Kier alpha value is -7.79. The van der Waals surface area contributed by atoms with E-state index in [1.54, 1.807) is 89.8 Å². The maximum atomic E-state index is 14.0. The molecule has 0 spiro atoms. The smallest absolute Gasteiger partial charge is 0.400 e. The monoisotopic (exact) mass is 1590 g/mol. The number of fused-ring (bicyclic) bond motifs is 3. The minimum absolute atomic E-state index is 0.0887. The van der Waals surface area contributed by atoms with E-state index in [4.69, 9.17) is 49.8 Å². The second-order valence-corrected chi connectivity index (χ2v) is 28.8. The van der Waals surface area contributed by atoms with Crippen LogP contribution in [-0.2, 0) is 53.2 Å². The van der Waals surface area contributed by atoms with E-state index in [1.165, 1.54) is 70.7 Å². The van der Waals surface area contributed by atoms with Crippen molar-refractivity contribution in [3.8, 4) is 0 Å². The van der Waals surface area contributed by atoms with Crippen LogP contribution in [-0.4, -0.2) is 166 Å². The molecule has 1 saturated heterocycles. The summed E-state index contributed by atoms with van der Waals surface area (Å²) in [6.07, 6.45) is 8.41. The number of hydrogen-bond donors (Lipinski definition) is 7. The number of aryl methyl sites for hydroxylation is 2. The van der Waals surface area contributed by atoms with Gasteiger partial charge in [-0.25, -0.2) is 15.0 Å². The van der Waals surface area contributed by atoms with Gasteiger partial charge in [-0.3, -0.25) is 33.7 Å². The fourth-order valence-electron chi connectivity index (χ4n) is 11.9. The van der Waals surface area contributed by atoms with E-state index in [0.717, 1.165) is 18.6 Å². The molecule has 12 rings (SSSR count). The van der Waals surface area contributed by atoms with E-state index >= 15 is 0 Å². The van der Waals surface area contributed by atoms with Crippen LogP contribution >= 0.6 is 31.9 Å². The van der Waals surface area contributed by atoms with E-state index < -0.39 is 62.0 Å². The van der Waals surface area contributed by atoms with Crippen LogP contribution < -0.4 is 27.5 Å². The number of aromatic nitrogens is 3. The number of ether oxygens (including phenoxy) is 2. The highest BCUT2D eigenvalue weighted by molar-refractivity contribution is 9.12. The van der Waals surface area contributed by atoms with Gasteiger partial charge in [0, 0.05) is 49.4 Å². The van der Waals surface area contributed by atoms with E-state index in [0.29, 0.717) is 97.7 Å². The van der Waals surface area contributed by atoms with Gasteiger partial charge in [0.15, 0.2) is 0 Å². The second-order valence-electron chi connectivity index (χ2n) is 27.1. The number of benzene rings is 3. The van der Waals surface area contributed by atoms with Gasteiger partial charge in [0.1, 0.15) is 67.0 Å². The van der Waals surface area contributed by atoms with Crippen LogP contribution in [0, 0.1) is 18.8 Å². The summed E-state index contributed by atoms with van der Waals surface area (Å²) in [4.78, 5) is 76.9. The highest BCUT2D eigenvalue weighted by atomic mass is 79.9. The predicted molar refractivity (Wildman–Crippen MR) is 397 cm³/mol. The van der Waals surface area contributed by atoms with Crippen LogP contribution in [0.4, 0.5) is 26.3 Å². The van der Waals surface area contributed by atoms with Crippen molar-refractivity contribution in [2.75, 3.05) is 60.3 Å². The van der Waals surface area contributed by atoms with Crippen molar-refractivity contribution in [3.05, 3.63) is 189 Å². The topological polar surface area (TPSA) is 306 Å². The number of carbonyl (C=O) groups excluding carboxylic acids is 2. The van der Waals surface area contributed by atoms with Crippen molar-refractivity contribution >= 4 is 85.2 Å². The molecule has 566 valence electrons. The molecule has 105 heavy (non-hydrogen) atoms. The molecule has 23 nitrogen and oxygen atoms in total. The first kappa shape index (κ1) is 82.9. The average Bonchev–Trinajstić information content (AvgIpc) is 1.78. The first-order valence-corrected chi connectivity index (χ1v) is 35.4. The van der Waals surface area contributed by atoms with E-state index in [-0.39, 0.29) is 75.8 Å². The lowest BCUT2D eigenvalue weighted by molar-refractivity contribution is -0.129. The summed E-state index contributed by atoms with van der Waals surface area (Å²) in [7, 11) is 4.81. The quantitative estimate of drug-likeness (QED) is 0.0426. The van der Waals surface area contributed by atoms with Gasteiger partial charge in [0.25, 0.3) is 40.7 Å². The number of alkyl halides is 6. The number of nitrogens with two attached hydrogens (primary N) is 1. The molecular formula is C73H89BBr2F6N12O11. The Labute approximate surface area is 622 Å². The predicted octanol–water partition coefficient (Wildman–Crippen LogP) is 10.3. The van der Waals surface area contributed by atoms with Gasteiger partial charge in [-0.15, -0.1) is 0 Å². The lowest BCUT2D eigenvalue weighted by Gasteiger charge is -2.40. The van der Waals surface area contributed by atoms with Crippen LogP contribution in [0.3, 0.4) is 0 Å². The van der Waals surface area contributed by atoms with Crippen LogP contribution in [0.5, 0.6) is 0 Å². The van der Waals surface area contributed by atoms with Crippen molar-refractivity contribution in [1.29, 1.82) is 0 Å². The molecule has 7 atom stereocenters. The number of H-pyrrole nitrogens is 1. The molecule has 2 amide bonds. The number of carbonyl (C=O) groups is 2. The van der Waals surface area contributed by atoms with E-state index in [2.05, 4.69) is 96.2 Å². The summed E-state index contributed by atoms with van der Waals surface area (Å²) >= 11 is 6.39. The summed E-state index contributed by atoms with van der Waals surface area (Å²) < 4.78 is 106. The second kappa shape index (κ2) is 34.4. The van der Waals surface area contributed by atoms with Crippen molar-refractivity contribution < 1.29 is 70.0 Å². The molecular weight excluding hydrogens is 1510 g/mol. The maximum Gasteiger partial charge on any atom is 0.490 e. The molecule has 7 aliphatic rings. The highest BCUT2D eigenvalue weighted by Crippen LogP contribution is 2.41. The van der Waals surface area contributed by atoms with E-state index in [1.807, 2.05) is 19.1 Å². The first-order valence-electron chi connectivity index (χ1n) is 33.8. The third-order valence-corrected chi connectivity index (χ3v) is 20.0. The Balaban J connectivity index is 0.000000174. The van der Waals surface area contributed by atoms with Crippen LogP contribution in [0.25, 0.3) is 11.0 Å². The number of nitrogens with zero attached hydrogens (tertiary/aromatic N) is 8. The number of aliphatic hydroxyl groups is 3. The van der Waals surface area contributed by atoms with Gasteiger partial charge in [-0.2, -0.15) is 26.3 Å². The number of rotatable bonds is 13. The Morgan fingerprint density at radius 3 is 1.55 bits per heavy atom. The van der Waals surface area contributed by atoms with Gasteiger partial charge < -0.3 is 65.3 Å². The van der Waals surface area contributed by atoms with Crippen LogP contribution in [0.15, 0.2) is 158 Å². The zero-order chi connectivity index (χ0) is 77.4. The number of aromatic amines is 1. The standard InChI is InChI=1S/C24H28F2N4O3.C19H21BrF2N4O2.C11H19BO3.C10H13F2NO.C9H8BrN3O2/c1-14(17-5-4-6-18(11-17)24(25,26)13-31)27-21-20-12-19(16-7-9-33-10-8-16)23(32)30(3)22(20)29-15(2)28-21;1-10(12-5-4-6-13(7-12)19(21,22)9-27)23-16-14-8-15(20)18(28)26(3)17(14)25-11(2)24-16;1-10(2)11(3,4)15-12(14-10)9-5-7-13-8-6-9;1-7(13)8-3-2-4-9(5-8)10(11,12)6-14;1-4-11-7-5(8(14)12-4)3-6(10)9(15)13(7)2/h4-7,11-12,14,20,22,31H,8-10,13H2,1-3H3,(H,27,28,29);4-8,10,14,17,27H,9H2,1-3H3,(H,23,24,25);5H,6-8H2,1-4H3;2-5,7,14H,6,13H2,1H3;3H,1-2H3,(H,11,12,14)/t14-,20?,22?;10-,14?,17?;;7-;/m11.1./s1. The molecule has 0 bridgehead atoms. The molecule has 0 radical (unpaired) electrons. The molecule has 4 unspecified atom stereocenters. The third kappa shape index (κ3) is 19.7. The number of nitrogens with one attached hydrogen (secondary N) is 3. The molecule has 7 aliphatic heterocycles. The zero-order valence-corrected chi connectivity index (χ0v) is 63.8. The molecule has 0 aliphatic carbocycles. The van der Waals surface area contributed by atoms with Gasteiger partial charge >= 0.3 is 7.12 Å². The summed E-state index contributed by atoms with van der Waals surface area (Å²) in [5.74, 6) is -7.64. The van der Waals surface area contributed by atoms with Crippen molar-refractivity contribution in [2.45, 2.75) is 142 Å². The SMILES string of the molecule is CC1(C)OB(C2=CCOCC2)OC1(C)C.CC1=NC2C(C=C(Br)C(=O)N2C)C(=N[C@H](C)c2cccc(C(F)(F)CO)c2)N1.CC1=NC2C(C=C(C3=CCOCC3)C(=O)N2C)C(=N[C@H](C)c2cccc(C(F)(F)CO)c2)N1.C[C@@H](N)c1cccc(C(F)(F)CO)c1.Cc1nc2c(cc(Br)c(=O)n2C)c(=O)[nH]1. The van der Waals surface area contributed by atoms with Crippen molar-refractivity contribution in [3.63, 3.8) is 0 Å². The first-order chi connectivity index (χ1) is 49.2. The molecule has 5 aromatic rings. The number of halogens is 8. The van der Waals surface area contributed by atoms with Crippen molar-refractivity contribution in [2.24, 2.45) is 44.6 Å². The van der Waals surface area contributed by atoms with Gasteiger partial charge in [-0.1, -0.05) is 78.9 Å². The minimum Gasteiger partial charge on any atom is -0.400 e. The van der Waals surface area contributed by atoms with Crippen LogP contribution in [0.1, 0.15) is 132 Å². The molecule has 1 fully saturated rings. The largest absolute Gasteiger partial charge is 0.490 e. The molecule has 32 heteroatoms. The van der Waals surface area contributed by atoms with Gasteiger partial charge in [-0.05, 0) is 166 Å². The highest BCUT2D eigenvalue weighted by Gasteiger charge is 2.52. The van der Waals surface area contributed by atoms with Gasteiger partial charge in [0.2, 0.25) is 0 Å². The minimum atomic E-state index is -3.32. The summed E-state index contributed by atoms with van der Waals surface area (Å²) in [5, 5.41) is 33.2. The summed E-state index contributed by atoms with van der Waals surface area (Å²) in [5.41, 5.74) is 8.96. The Kier molecular flexibility index (Phi) is 27.2. The lowest BCUT2D eigenvalue weighted by Crippen LogP contribution is -2.54. The zero-order valence-electron chi connectivity index (χ0n) is 60.6. The molecule has 9 heterocycles. The molecule has 2 aromatic heterocycles. The Bertz CT molecular complexity index is 4410. The van der Waals surface area contributed by atoms with Gasteiger partial charge in [0.05, 0.1) is 75.9 Å². The number of amidine groups is 4. The summed E-state index contributed by atoms with van der Waals surface area (Å²) in [6.45, 7) is 17.7. The Morgan fingerprint density at radius 2 is 1.10 bits per heavy atom. The number of pyridine rings is 1. The Morgan fingerprint density at radius 1 is 0.657 bits per heavy atom. The number of aliphatic imine (C=N–C) groups is 4. The maximum absolute atomic E-state index is 14.0. The fraction of sp³-hybridized carbons (Fsp3) is 0.466. The van der Waals surface area contributed by atoms with E-state index in [9.17, 15) is 45.5 Å². The molecule has 8 N–H and O–H groups in total. The fourth-order valence-corrected chi connectivity index (χ4v) is 12.9. The number of aliphatic hydroxyl groups excluding tert-OH is 3. The summed E-state index contributed by atoms with van der Waals surface area (Å²) in [6, 6.07) is 18.0. The average molecular weight is 1600 g/mol. The lowest BCUT2D eigenvalue weighted by atomic mass is 9.75. The van der Waals surface area contributed by atoms with Crippen LogP contribution in [0.2, 0.25) is 0 Å². The number of likely N-dealkylation sites (N-methyl/N-ethyl adjacent to an activating group) is 2. The molecule has 0 saturated carbocycles. The normalized spacial score (nSPS) is 22.3.